The van der Waals surface area contributed by atoms with Crippen LogP contribution in [0.4, 0.5) is 4.39 Å². The molecule has 70 valence electrons. The molecular formula is C11H14FN. The molecular weight excluding hydrogens is 165 g/mol. The second kappa shape index (κ2) is 3.86. The van der Waals surface area contributed by atoms with E-state index < -0.39 is 0 Å². The molecule has 0 N–H and O–H groups in total. The first-order chi connectivity index (χ1) is 6.38. The fourth-order valence-electron chi connectivity index (χ4n) is 2.07. The minimum atomic E-state index is -0.130. The summed E-state index contributed by atoms with van der Waals surface area (Å²) in [6.07, 6.45) is 7.64. The zero-order valence-corrected chi connectivity index (χ0v) is 7.67. The molecule has 2 rings (SSSR count). The molecule has 1 aromatic rings. The van der Waals surface area contributed by atoms with Gasteiger partial charge in [0.15, 0.2) is 0 Å². The Morgan fingerprint density at radius 2 is 2.00 bits per heavy atom. The van der Waals surface area contributed by atoms with Crippen LogP contribution in [0.5, 0.6) is 0 Å². The third-order valence-corrected chi connectivity index (χ3v) is 2.78. The summed E-state index contributed by atoms with van der Waals surface area (Å²) in [6.45, 7) is 0. The second-order valence-corrected chi connectivity index (χ2v) is 3.71. The summed E-state index contributed by atoms with van der Waals surface area (Å²) in [5.41, 5.74) is 0.683. The lowest BCUT2D eigenvalue weighted by atomic mass is 9.86. The van der Waals surface area contributed by atoms with Gasteiger partial charge in [0.2, 0.25) is 0 Å². The monoisotopic (exact) mass is 179 g/mol. The summed E-state index contributed by atoms with van der Waals surface area (Å²) < 4.78 is 13.3. The molecule has 1 aliphatic carbocycles. The highest BCUT2D eigenvalue weighted by atomic mass is 19.1. The fraction of sp³-hybridized carbons (Fsp3) is 0.545. The van der Waals surface area contributed by atoms with E-state index in [4.69, 9.17) is 0 Å². The minimum Gasteiger partial charge on any atom is -0.258 e. The Morgan fingerprint density at radius 3 is 2.69 bits per heavy atom. The first kappa shape index (κ1) is 8.67. The van der Waals surface area contributed by atoms with E-state index in [2.05, 4.69) is 4.98 Å². The van der Waals surface area contributed by atoms with Crippen LogP contribution >= 0.6 is 0 Å². The van der Waals surface area contributed by atoms with Gasteiger partial charge in [0.25, 0.3) is 0 Å². The summed E-state index contributed by atoms with van der Waals surface area (Å²) in [7, 11) is 0. The Hall–Kier alpha value is -0.920. The molecule has 0 radical (unpaired) electrons. The zero-order valence-electron chi connectivity index (χ0n) is 7.67. The van der Waals surface area contributed by atoms with E-state index in [9.17, 15) is 4.39 Å². The molecule has 0 aromatic carbocycles. The van der Waals surface area contributed by atoms with Gasteiger partial charge in [-0.15, -0.1) is 0 Å². The topological polar surface area (TPSA) is 12.9 Å². The van der Waals surface area contributed by atoms with Gasteiger partial charge < -0.3 is 0 Å². The lowest BCUT2D eigenvalue weighted by molar-refractivity contribution is 0.421. The highest BCUT2D eigenvalue weighted by molar-refractivity contribution is 5.12. The van der Waals surface area contributed by atoms with E-state index in [1.165, 1.54) is 25.3 Å². The molecule has 2 heteroatoms. The van der Waals surface area contributed by atoms with Crippen LogP contribution in [0.15, 0.2) is 18.3 Å². The average molecular weight is 179 g/mol. The molecule has 0 unspecified atom stereocenters. The molecule has 13 heavy (non-hydrogen) atoms. The standard InChI is InChI=1S/C11H14FN/c12-10-7-4-8-13-11(10)9-5-2-1-3-6-9/h4,7-9H,1-3,5-6H2. The van der Waals surface area contributed by atoms with Crippen molar-refractivity contribution in [1.82, 2.24) is 4.98 Å². The third kappa shape index (κ3) is 1.87. The summed E-state index contributed by atoms with van der Waals surface area (Å²) in [5, 5.41) is 0. The van der Waals surface area contributed by atoms with Gasteiger partial charge in [0.05, 0.1) is 5.69 Å². The van der Waals surface area contributed by atoms with Crippen LogP contribution in [0.3, 0.4) is 0 Å². The second-order valence-electron chi connectivity index (χ2n) is 3.71. The zero-order chi connectivity index (χ0) is 9.10. The molecule has 0 spiro atoms. The van der Waals surface area contributed by atoms with Gasteiger partial charge in [-0.05, 0) is 25.0 Å². The van der Waals surface area contributed by atoms with Crippen LogP contribution in [0, 0.1) is 5.82 Å². The van der Waals surface area contributed by atoms with Crippen LogP contribution in [0.1, 0.15) is 43.7 Å². The van der Waals surface area contributed by atoms with E-state index in [1.54, 1.807) is 12.3 Å². The summed E-state index contributed by atoms with van der Waals surface area (Å²) >= 11 is 0. The predicted molar refractivity (Wildman–Crippen MR) is 50.0 cm³/mol. The van der Waals surface area contributed by atoms with Crippen molar-refractivity contribution < 1.29 is 4.39 Å². The lowest BCUT2D eigenvalue weighted by Crippen LogP contribution is -2.08. The van der Waals surface area contributed by atoms with Crippen molar-refractivity contribution in [2.24, 2.45) is 0 Å². The summed E-state index contributed by atoms with van der Waals surface area (Å²) in [4.78, 5) is 4.13. The summed E-state index contributed by atoms with van der Waals surface area (Å²) in [6, 6.07) is 3.17. The molecule has 0 atom stereocenters. The molecule has 1 aromatic heterocycles. The Labute approximate surface area is 78.0 Å². The molecule has 1 heterocycles. The molecule has 0 aliphatic heterocycles. The van der Waals surface area contributed by atoms with Crippen molar-refractivity contribution >= 4 is 0 Å². The first-order valence-corrected chi connectivity index (χ1v) is 4.98. The number of rotatable bonds is 1. The number of hydrogen-bond acceptors (Lipinski definition) is 1. The summed E-state index contributed by atoms with van der Waals surface area (Å²) in [5.74, 6) is 0.240. The van der Waals surface area contributed by atoms with Crippen LogP contribution in [-0.4, -0.2) is 4.98 Å². The van der Waals surface area contributed by atoms with E-state index in [1.807, 2.05) is 0 Å². The van der Waals surface area contributed by atoms with Crippen molar-refractivity contribution in [3.05, 3.63) is 29.8 Å². The normalized spacial score (nSPS) is 18.8. The largest absolute Gasteiger partial charge is 0.258 e. The van der Waals surface area contributed by atoms with Gasteiger partial charge in [0, 0.05) is 12.1 Å². The quantitative estimate of drug-likeness (QED) is 0.644. The molecule has 1 aliphatic rings. The van der Waals surface area contributed by atoms with Crippen LogP contribution in [0.25, 0.3) is 0 Å². The van der Waals surface area contributed by atoms with Crippen molar-refractivity contribution in [3.63, 3.8) is 0 Å². The van der Waals surface area contributed by atoms with Gasteiger partial charge in [-0.2, -0.15) is 0 Å². The van der Waals surface area contributed by atoms with Crippen molar-refractivity contribution in [2.75, 3.05) is 0 Å². The Bertz CT molecular complexity index is 279. The van der Waals surface area contributed by atoms with Gasteiger partial charge in [0.1, 0.15) is 5.82 Å². The maximum Gasteiger partial charge on any atom is 0.144 e. The Morgan fingerprint density at radius 1 is 1.23 bits per heavy atom. The first-order valence-electron chi connectivity index (χ1n) is 4.98. The van der Waals surface area contributed by atoms with E-state index in [0.717, 1.165) is 12.8 Å². The molecule has 1 nitrogen and oxygen atoms in total. The lowest BCUT2D eigenvalue weighted by Gasteiger charge is -2.20. The predicted octanol–water partition coefficient (Wildman–Crippen LogP) is 3.27. The average Bonchev–Trinajstić information content (AvgIpc) is 2.20. The molecule has 1 fully saturated rings. The van der Waals surface area contributed by atoms with E-state index in [-0.39, 0.29) is 5.82 Å². The SMILES string of the molecule is Fc1cccnc1C1CCCCC1. The highest BCUT2D eigenvalue weighted by Crippen LogP contribution is 2.32. The van der Waals surface area contributed by atoms with Gasteiger partial charge in [-0.25, -0.2) is 4.39 Å². The molecule has 1 saturated carbocycles. The molecule has 0 saturated heterocycles. The maximum atomic E-state index is 13.3. The Balaban J connectivity index is 2.18. The van der Waals surface area contributed by atoms with Gasteiger partial charge in [-0.3, -0.25) is 4.98 Å². The number of pyridine rings is 1. The minimum absolute atomic E-state index is 0.130. The van der Waals surface area contributed by atoms with Crippen LogP contribution in [0.2, 0.25) is 0 Å². The van der Waals surface area contributed by atoms with Gasteiger partial charge >= 0.3 is 0 Å². The number of aromatic nitrogens is 1. The van der Waals surface area contributed by atoms with E-state index in [0.29, 0.717) is 11.6 Å². The number of halogens is 1. The Kier molecular flexibility index (Phi) is 2.57. The number of nitrogens with zero attached hydrogens (tertiary/aromatic N) is 1. The van der Waals surface area contributed by atoms with Gasteiger partial charge in [-0.1, -0.05) is 19.3 Å². The molecule has 0 amide bonds. The number of hydrogen-bond donors (Lipinski definition) is 0. The van der Waals surface area contributed by atoms with Crippen molar-refractivity contribution in [2.45, 2.75) is 38.0 Å². The van der Waals surface area contributed by atoms with Crippen LogP contribution < -0.4 is 0 Å². The van der Waals surface area contributed by atoms with Crippen LogP contribution in [-0.2, 0) is 0 Å². The van der Waals surface area contributed by atoms with Crippen molar-refractivity contribution in [3.8, 4) is 0 Å². The maximum absolute atomic E-state index is 13.3. The fourth-order valence-corrected chi connectivity index (χ4v) is 2.07. The third-order valence-electron chi connectivity index (χ3n) is 2.78. The van der Waals surface area contributed by atoms with E-state index >= 15 is 0 Å². The smallest absolute Gasteiger partial charge is 0.144 e. The highest BCUT2D eigenvalue weighted by Gasteiger charge is 2.19. The van der Waals surface area contributed by atoms with Crippen molar-refractivity contribution in [1.29, 1.82) is 0 Å². The molecule has 0 bridgehead atoms.